The molecule has 0 aliphatic rings. The lowest BCUT2D eigenvalue weighted by Crippen LogP contribution is -2.17. The minimum Gasteiger partial charge on any atom is -0.379 e. The summed E-state index contributed by atoms with van der Waals surface area (Å²) in [5.41, 5.74) is 0. The molecule has 5 nitrogen and oxygen atoms in total. The van der Waals surface area contributed by atoms with Crippen molar-refractivity contribution in [1.29, 1.82) is 0 Å². The van der Waals surface area contributed by atoms with Crippen LogP contribution in [0.1, 0.15) is 20.3 Å². The van der Waals surface area contributed by atoms with Crippen LogP contribution in [-0.2, 0) is 18.9 Å². The maximum Gasteiger partial charge on any atom is 0.0916 e. The molecule has 0 spiro atoms. The molecule has 0 atom stereocenters. The monoisotopic (exact) mass is 297 g/mol. The molecule has 124 valence electrons. The van der Waals surface area contributed by atoms with Gasteiger partial charge in [-0.25, -0.2) is 0 Å². The molecule has 1 N–H and O–H groups in total. The van der Waals surface area contributed by atoms with Crippen molar-refractivity contribution in [2.45, 2.75) is 20.3 Å². The van der Waals surface area contributed by atoms with E-state index in [1.807, 2.05) is 20.9 Å². The second kappa shape index (κ2) is 23.8. The fourth-order valence-corrected chi connectivity index (χ4v) is 1.09. The first-order valence-electron chi connectivity index (χ1n) is 7.43. The molecule has 0 heterocycles. The van der Waals surface area contributed by atoms with Gasteiger partial charge in [0.15, 0.2) is 0 Å². The van der Waals surface area contributed by atoms with Gasteiger partial charge in [-0.05, 0) is 13.5 Å². The molecule has 0 aliphatic heterocycles. The van der Waals surface area contributed by atoms with Gasteiger partial charge in [0.25, 0.3) is 0 Å². The van der Waals surface area contributed by atoms with E-state index in [9.17, 15) is 4.39 Å². The van der Waals surface area contributed by atoms with Crippen molar-refractivity contribution >= 4 is 0 Å². The SMILES string of the molecule is CC.CNCCOCCOCCOCCOCCCF. The van der Waals surface area contributed by atoms with E-state index in [4.69, 9.17) is 18.9 Å². The van der Waals surface area contributed by atoms with Crippen LogP contribution in [0, 0.1) is 0 Å². The average Bonchev–Trinajstić information content (AvgIpc) is 2.50. The predicted octanol–water partition coefficient (Wildman–Crippen LogP) is 1.66. The maximum atomic E-state index is 11.7. The summed E-state index contributed by atoms with van der Waals surface area (Å²) in [4.78, 5) is 0. The molecule has 0 saturated carbocycles. The van der Waals surface area contributed by atoms with Crippen LogP contribution in [0.3, 0.4) is 0 Å². The smallest absolute Gasteiger partial charge is 0.0916 e. The van der Waals surface area contributed by atoms with E-state index in [-0.39, 0.29) is 6.67 Å². The standard InChI is InChI=1S/C12H26FNO4.C2H6/c1-14-4-6-16-8-10-18-12-11-17-9-7-15-5-2-3-13;1-2/h14H,2-12H2,1H3;1-2H3. The van der Waals surface area contributed by atoms with Crippen molar-refractivity contribution in [2.75, 3.05) is 73.1 Å². The zero-order valence-corrected chi connectivity index (χ0v) is 13.3. The van der Waals surface area contributed by atoms with Gasteiger partial charge in [0, 0.05) is 13.2 Å². The Balaban J connectivity index is 0. The van der Waals surface area contributed by atoms with E-state index in [2.05, 4.69) is 5.32 Å². The van der Waals surface area contributed by atoms with E-state index >= 15 is 0 Å². The van der Waals surface area contributed by atoms with Gasteiger partial charge >= 0.3 is 0 Å². The minimum absolute atomic E-state index is 0.328. The normalized spacial score (nSPS) is 10.2. The second-order valence-electron chi connectivity index (χ2n) is 3.60. The summed E-state index contributed by atoms with van der Waals surface area (Å²) in [7, 11) is 1.89. The lowest BCUT2D eigenvalue weighted by molar-refractivity contribution is -0.00190. The molecule has 6 heteroatoms. The number of alkyl halides is 1. The highest BCUT2D eigenvalue weighted by molar-refractivity contribution is 4.37. The van der Waals surface area contributed by atoms with Crippen LogP contribution in [-0.4, -0.2) is 73.1 Å². The Morgan fingerprint density at radius 2 is 1.10 bits per heavy atom. The second-order valence-corrected chi connectivity index (χ2v) is 3.60. The third kappa shape index (κ3) is 22.9. The van der Waals surface area contributed by atoms with E-state index in [0.717, 1.165) is 6.54 Å². The third-order valence-corrected chi connectivity index (χ3v) is 2.03. The Hall–Kier alpha value is -0.270. The van der Waals surface area contributed by atoms with Gasteiger partial charge < -0.3 is 24.3 Å². The number of likely N-dealkylation sites (N-methyl/N-ethyl adjacent to an activating group) is 1. The van der Waals surface area contributed by atoms with Crippen molar-refractivity contribution < 1.29 is 23.3 Å². The fourth-order valence-electron chi connectivity index (χ4n) is 1.09. The van der Waals surface area contributed by atoms with Crippen molar-refractivity contribution in [3.63, 3.8) is 0 Å². The van der Waals surface area contributed by atoms with Crippen LogP contribution in [0.25, 0.3) is 0 Å². The summed E-state index contributed by atoms with van der Waals surface area (Å²) in [6.07, 6.45) is 0.455. The van der Waals surface area contributed by atoms with Crippen LogP contribution in [0.2, 0.25) is 0 Å². The summed E-state index contributed by atoms with van der Waals surface area (Å²) < 4.78 is 32.7. The van der Waals surface area contributed by atoms with Crippen molar-refractivity contribution in [3.05, 3.63) is 0 Å². The molecular weight excluding hydrogens is 265 g/mol. The first-order valence-corrected chi connectivity index (χ1v) is 7.43. The van der Waals surface area contributed by atoms with Crippen molar-refractivity contribution in [1.82, 2.24) is 5.32 Å². The van der Waals surface area contributed by atoms with Gasteiger partial charge in [-0.2, -0.15) is 0 Å². The molecule has 0 rings (SSSR count). The van der Waals surface area contributed by atoms with Crippen LogP contribution in [0.5, 0.6) is 0 Å². The lowest BCUT2D eigenvalue weighted by Gasteiger charge is -2.07. The molecule has 0 aromatic carbocycles. The van der Waals surface area contributed by atoms with E-state index in [1.165, 1.54) is 0 Å². The maximum absolute atomic E-state index is 11.7. The summed E-state index contributed by atoms with van der Waals surface area (Å²) in [6.45, 7) is 9.00. The fraction of sp³-hybridized carbons (Fsp3) is 1.00. The molecule has 0 aromatic heterocycles. The largest absolute Gasteiger partial charge is 0.379 e. The Morgan fingerprint density at radius 1 is 0.700 bits per heavy atom. The quantitative estimate of drug-likeness (QED) is 0.466. The molecule has 0 fully saturated rings. The zero-order valence-electron chi connectivity index (χ0n) is 13.3. The first-order chi connectivity index (χ1) is 9.91. The predicted molar refractivity (Wildman–Crippen MR) is 79.1 cm³/mol. The van der Waals surface area contributed by atoms with Crippen molar-refractivity contribution in [3.8, 4) is 0 Å². The number of hydrogen-bond donors (Lipinski definition) is 1. The van der Waals surface area contributed by atoms with E-state index < -0.39 is 0 Å². The lowest BCUT2D eigenvalue weighted by atomic mass is 10.5. The van der Waals surface area contributed by atoms with Gasteiger partial charge in [-0.15, -0.1) is 0 Å². The highest BCUT2D eigenvalue weighted by atomic mass is 19.1. The third-order valence-electron chi connectivity index (χ3n) is 2.03. The average molecular weight is 297 g/mol. The molecular formula is C14H32FNO4. The van der Waals surface area contributed by atoms with Crippen LogP contribution in [0.4, 0.5) is 4.39 Å². The van der Waals surface area contributed by atoms with Gasteiger partial charge in [0.1, 0.15) is 0 Å². The van der Waals surface area contributed by atoms with Gasteiger partial charge in [-0.1, -0.05) is 13.8 Å². The Kier molecular flexibility index (Phi) is 26.2. The Bertz CT molecular complexity index is 137. The molecule has 0 radical (unpaired) electrons. The molecule has 0 amide bonds. The summed E-state index contributed by atoms with van der Waals surface area (Å²) in [5, 5.41) is 2.99. The number of rotatable bonds is 15. The molecule has 0 aliphatic carbocycles. The number of nitrogens with one attached hydrogen (secondary N) is 1. The first kappa shape index (κ1) is 22.0. The van der Waals surface area contributed by atoms with Gasteiger partial charge in [0.05, 0.1) is 52.9 Å². The van der Waals surface area contributed by atoms with Gasteiger partial charge in [-0.3, -0.25) is 4.39 Å². The van der Waals surface area contributed by atoms with Crippen LogP contribution >= 0.6 is 0 Å². The zero-order chi connectivity index (χ0) is 15.3. The van der Waals surface area contributed by atoms with Crippen LogP contribution in [0.15, 0.2) is 0 Å². The molecule has 0 bridgehead atoms. The molecule has 0 aromatic rings. The molecule has 0 unspecified atom stereocenters. The Labute approximate surface area is 123 Å². The van der Waals surface area contributed by atoms with E-state index in [1.54, 1.807) is 0 Å². The molecule has 0 saturated heterocycles. The highest BCUT2D eigenvalue weighted by Gasteiger charge is 1.92. The van der Waals surface area contributed by atoms with Gasteiger partial charge in [0.2, 0.25) is 0 Å². The summed E-state index contributed by atoms with van der Waals surface area (Å²) in [5.74, 6) is 0. The highest BCUT2D eigenvalue weighted by Crippen LogP contribution is 1.85. The number of halogens is 1. The van der Waals surface area contributed by atoms with Crippen LogP contribution < -0.4 is 5.32 Å². The van der Waals surface area contributed by atoms with Crippen molar-refractivity contribution in [2.24, 2.45) is 0 Å². The topological polar surface area (TPSA) is 49.0 Å². The summed E-state index contributed by atoms with van der Waals surface area (Å²) >= 11 is 0. The minimum atomic E-state index is -0.328. The Morgan fingerprint density at radius 3 is 1.50 bits per heavy atom. The molecule has 20 heavy (non-hydrogen) atoms. The summed E-state index contributed by atoms with van der Waals surface area (Å²) in [6, 6.07) is 0. The number of hydrogen-bond acceptors (Lipinski definition) is 5. The van der Waals surface area contributed by atoms with E-state index in [0.29, 0.717) is 59.3 Å². The number of ether oxygens (including phenoxy) is 4.